The van der Waals surface area contributed by atoms with Gasteiger partial charge in [0.05, 0.1) is 5.69 Å². The minimum absolute atomic E-state index is 0.00503. The molecule has 17 heavy (non-hydrogen) atoms. The second kappa shape index (κ2) is 4.89. The van der Waals surface area contributed by atoms with Gasteiger partial charge >= 0.3 is 0 Å². The monoisotopic (exact) mass is 248 g/mol. The molecule has 2 heterocycles. The highest BCUT2D eigenvalue weighted by atomic mass is 32.1. The number of aliphatic imine (C=N–C) groups is 1. The minimum Gasteiger partial charge on any atom is -0.370 e. The number of hydrogen-bond acceptors (Lipinski definition) is 5. The van der Waals surface area contributed by atoms with Crippen molar-refractivity contribution in [2.75, 3.05) is 0 Å². The minimum atomic E-state index is -0.00503. The van der Waals surface area contributed by atoms with E-state index in [9.17, 15) is 0 Å². The van der Waals surface area contributed by atoms with E-state index in [4.69, 9.17) is 17.2 Å². The van der Waals surface area contributed by atoms with Crippen molar-refractivity contribution in [2.24, 2.45) is 22.2 Å². The standard InChI is InChI=1S/C10H12N6S/c11-4-6-1-2-14-7(3-6)8-5-17-10(15-8)16-9(12)13/h1-3,5H,4,11H2,(H4,12,13,15,16). The van der Waals surface area contributed by atoms with E-state index in [1.807, 2.05) is 17.5 Å². The fourth-order valence-electron chi connectivity index (χ4n) is 1.29. The molecule has 6 N–H and O–H groups in total. The van der Waals surface area contributed by atoms with Crippen LogP contribution in [0.3, 0.4) is 0 Å². The first-order valence-corrected chi connectivity index (χ1v) is 5.77. The van der Waals surface area contributed by atoms with Gasteiger partial charge < -0.3 is 17.2 Å². The Bertz CT molecular complexity index is 543. The van der Waals surface area contributed by atoms with E-state index in [1.54, 1.807) is 6.20 Å². The van der Waals surface area contributed by atoms with E-state index in [0.717, 1.165) is 17.0 Å². The van der Waals surface area contributed by atoms with Crippen LogP contribution in [0.5, 0.6) is 0 Å². The van der Waals surface area contributed by atoms with Crippen LogP contribution in [0.25, 0.3) is 11.4 Å². The van der Waals surface area contributed by atoms with E-state index < -0.39 is 0 Å². The summed E-state index contributed by atoms with van der Waals surface area (Å²) in [5.74, 6) is -0.00503. The largest absolute Gasteiger partial charge is 0.370 e. The number of nitrogens with zero attached hydrogens (tertiary/aromatic N) is 3. The van der Waals surface area contributed by atoms with Crippen LogP contribution in [0, 0.1) is 0 Å². The Labute approximate surface area is 102 Å². The van der Waals surface area contributed by atoms with Gasteiger partial charge in [0.15, 0.2) is 5.96 Å². The summed E-state index contributed by atoms with van der Waals surface area (Å²) in [5, 5.41) is 2.37. The Balaban J connectivity index is 2.33. The molecule has 6 nitrogen and oxygen atoms in total. The molecule has 0 aliphatic carbocycles. The third kappa shape index (κ3) is 2.77. The van der Waals surface area contributed by atoms with E-state index >= 15 is 0 Å². The Morgan fingerprint density at radius 3 is 2.88 bits per heavy atom. The highest BCUT2D eigenvalue weighted by Crippen LogP contribution is 2.25. The molecule has 0 aliphatic rings. The van der Waals surface area contributed by atoms with Crippen molar-refractivity contribution in [3.63, 3.8) is 0 Å². The van der Waals surface area contributed by atoms with Crippen molar-refractivity contribution in [2.45, 2.75) is 6.54 Å². The summed E-state index contributed by atoms with van der Waals surface area (Å²) in [5.41, 5.74) is 18.6. The molecule has 0 saturated heterocycles. The molecule has 0 radical (unpaired) electrons. The summed E-state index contributed by atoms with van der Waals surface area (Å²) in [4.78, 5) is 12.4. The van der Waals surface area contributed by atoms with E-state index in [0.29, 0.717) is 11.7 Å². The van der Waals surface area contributed by atoms with Gasteiger partial charge in [0.25, 0.3) is 0 Å². The average molecular weight is 248 g/mol. The Morgan fingerprint density at radius 1 is 1.35 bits per heavy atom. The zero-order valence-corrected chi connectivity index (χ0v) is 9.81. The van der Waals surface area contributed by atoms with Crippen LogP contribution in [0.2, 0.25) is 0 Å². The fraction of sp³-hybridized carbons (Fsp3) is 0.100. The summed E-state index contributed by atoms with van der Waals surface area (Å²) in [6.07, 6.45) is 1.71. The lowest BCUT2D eigenvalue weighted by Gasteiger charge is -1.98. The van der Waals surface area contributed by atoms with Crippen LogP contribution in [0.15, 0.2) is 28.7 Å². The van der Waals surface area contributed by atoms with Crippen molar-refractivity contribution in [3.8, 4) is 11.4 Å². The molecule has 0 aliphatic heterocycles. The van der Waals surface area contributed by atoms with Gasteiger partial charge in [-0.05, 0) is 17.7 Å². The second-order valence-corrected chi connectivity index (χ2v) is 4.14. The molecule has 2 rings (SSSR count). The predicted octanol–water partition coefficient (Wildman–Crippen LogP) is 0.569. The van der Waals surface area contributed by atoms with Crippen LogP contribution < -0.4 is 17.2 Å². The van der Waals surface area contributed by atoms with Crippen LogP contribution in [-0.4, -0.2) is 15.9 Å². The van der Waals surface area contributed by atoms with Crippen molar-refractivity contribution < 1.29 is 0 Å². The molecule has 2 aromatic heterocycles. The lowest BCUT2D eigenvalue weighted by atomic mass is 10.2. The number of aromatic nitrogens is 2. The first kappa shape index (κ1) is 11.5. The highest BCUT2D eigenvalue weighted by Gasteiger charge is 2.05. The van der Waals surface area contributed by atoms with Gasteiger partial charge in [-0.25, -0.2) is 4.98 Å². The first-order chi connectivity index (χ1) is 8.19. The molecule has 0 aromatic carbocycles. The van der Waals surface area contributed by atoms with E-state index in [1.165, 1.54) is 11.3 Å². The van der Waals surface area contributed by atoms with Gasteiger partial charge in [-0.2, -0.15) is 4.99 Å². The van der Waals surface area contributed by atoms with Crippen LogP contribution in [0.1, 0.15) is 5.56 Å². The average Bonchev–Trinajstić information content (AvgIpc) is 2.77. The fourth-order valence-corrected chi connectivity index (χ4v) is 1.98. The molecule has 7 heteroatoms. The summed E-state index contributed by atoms with van der Waals surface area (Å²) in [6, 6.07) is 3.77. The third-order valence-corrected chi connectivity index (χ3v) is 2.77. The zero-order valence-electron chi connectivity index (χ0n) is 9.00. The predicted molar refractivity (Wildman–Crippen MR) is 68.7 cm³/mol. The Morgan fingerprint density at radius 2 is 2.18 bits per heavy atom. The number of pyridine rings is 1. The number of nitrogens with two attached hydrogens (primary N) is 3. The molecule has 0 fully saturated rings. The summed E-state index contributed by atoms with van der Waals surface area (Å²) < 4.78 is 0. The van der Waals surface area contributed by atoms with Crippen molar-refractivity contribution in [1.29, 1.82) is 0 Å². The molecular formula is C10H12N6S. The molecule has 0 atom stereocenters. The zero-order chi connectivity index (χ0) is 12.3. The van der Waals surface area contributed by atoms with Gasteiger partial charge in [0, 0.05) is 18.1 Å². The summed E-state index contributed by atoms with van der Waals surface area (Å²) in [7, 11) is 0. The van der Waals surface area contributed by atoms with E-state index in [2.05, 4.69) is 15.0 Å². The number of guanidine groups is 1. The molecule has 0 unspecified atom stereocenters. The maximum atomic E-state index is 5.57. The quantitative estimate of drug-likeness (QED) is 0.542. The van der Waals surface area contributed by atoms with Gasteiger partial charge in [0.1, 0.15) is 5.69 Å². The van der Waals surface area contributed by atoms with Crippen molar-refractivity contribution >= 4 is 22.4 Å². The van der Waals surface area contributed by atoms with Crippen molar-refractivity contribution in [3.05, 3.63) is 29.3 Å². The number of rotatable bonds is 3. The summed E-state index contributed by atoms with van der Waals surface area (Å²) in [6.45, 7) is 0.473. The SMILES string of the molecule is NCc1ccnc(-c2csc(N=C(N)N)n2)c1. The van der Waals surface area contributed by atoms with Crippen molar-refractivity contribution in [1.82, 2.24) is 9.97 Å². The Hall–Kier alpha value is -1.99. The second-order valence-electron chi connectivity index (χ2n) is 3.31. The Kier molecular flexibility index (Phi) is 3.31. The molecule has 88 valence electrons. The molecule has 2 aromatic rings. The van der Waals surface area contributed by atoms with E-state index in [-0.39, 0.29) is 5.96 Å². The molecule has 0 bridgehead atoms. The lowest BCUT2D eigenvalue weighted by molar-refractivity contribution is 1.06. The highest BCUT2D eigenvalue weighted by molar-refractivity contribution is 7.13. The van der Waals surface area contributed by atoms with Crippen LogP contribution >= 0.6 is 11.3 Å². The van der Waals surface area contributed by atoms with Crippen LogP contribution in [0.4, 0.5) is 5.13 Å². The first-order valence-electron chi connectivity index (χ1n) is 4.89. The van der Waals surface area contributed by atoms with Gasteiger partial charge in [0.2, 0.25) is 5.13 Å². The lowest BCUT2D eigenvalue weighted by Crippen LogP contribution is -2.21. The van der Waals surface area contributed by atoms with Gasteiger partial charge in [-0.1, -0.05) is 0 Å². The molecule has 0 saturated carbocycles. The normalized spacial score (nSPS) is 10.2. The smallest absolute Gasteiger partial charge is 0.212 e. The third-order valence-electron chi connectivity index (χ3n) is 2.04. The topological polar surface area (TPSA) is 116 Å². The molecule has 0 spiro atoms. The number of thiazole rings is 1. The molecular weight excluding hydrogens is 236 g/mol. The number of hydrogen-bond donors (Lipinski definition) is 3. The maximum absolute atomic E-state index is 5.57. The van der Waals surface area contributed by atoms with Crippen LogP contribution in [-0.2, 0) is 6.54 Å². The molecule has 0 amide bonds. The maximum Gasteiger partial charge on any atom is 0.212 e. The van der Waals surface area contributed by atoms with Gasteiger partial charge in [-0.3, -0.25) is 4.98 Å². The van der Waals surface area contributed by atoms with Gasteiger partial charge in [-0.15, -0.1) is 11.3 Å². The summed E-state index contributed by atoms with van der Waals surface area (Å²) >= 11 is 1.36.